The number of rotatable bonds is 2. The quantitative estimate of drug-likeness (QED) is 0.850. The van der Waals surface area contributed by atoms with Gasteiger partial charge in [-0.1, -0.05) is 13.8 Å². The zero-order valence-corrected chi connectivity index (χ0v) is 10.7. The van der Waals surface area contributed by atoms with Gasteiger partial charge in [-0.3, -0.25) is 4.79 Å². The Morgan fingerprint density at radius 1 is 1.41 bits per heavy atom. The third-order valence-electron chi connectivity index (χ3n) is 1.92. The number of carbonyl (C=O) groups is 1. The summed E-state index contributed by atoms with van der Waals surface area (Å²) in [7, 11) is 0. The van der Waals surface area contributed by atoms with E-state index < -0.39 is 11.9 Å². The first-order valence-corrected chi connectivity index (χ1v) is 5.55. The van der Waals surface area contributed by atoms with Crippen LogP contribution in [0, 0.1) is 5.92 Å². The standard InChI is InChI=1S/C10H10BrF3N2O/c1-5(2)9(17)15-6-3-4-7(10(12,13)14)16-8(6)11/h3-5H,1-2H3,(H,15,17). The van der Waals surface area contributed by atoms with E-state index in [4.69, 9.17) is 0 Å². The topological polar surface area (TPSA) is 42.0 Å². The van der Waals surface area contributed by atoms with E-state index in [-0.39, 0.29) is 22.1 Å². The highest BCUT2D eigenvalue weighted by atomic mass is 79.9. The first-order chi connectivity index (χ1) is 7.71. The monoisotopic (exact) mass is 310 g/mol. The highest BCUT2D eigenvalue weighted by Crippen LogP contribution is 2.31. The molecule has 1 amide bonds. The molecule has 17 heavy (non-hydrogen) atoms. The van der Waals surface area contributed by atoms with E-state index in [9.17, 15) is 18.0 Å². The van der Waals surface area contributed by atoms with Gasteiger partial charge in [0, 0.05) is 5.92 Å². The van der Waals surface area contributed by atoms with Crippen molar-refractivity contribution in [1.29, 1.82) is 0 Å². The zero-order chi connectivity index (χ0) is 13.2. The molecule has 7 heteroatoms. The molecule has 0 saturated carbocycles. The number of halogens is 4. The molecule has 0 saturated heterocycles. The minimum atomic E-state index is -4.50. The van der Waals surface area contributed by atoms with Gasteiger partial charge in [-0.15, -0.1) is 0 Å². The fourth-order valence-corrected chi connectivity index (χ4v) is 1.38. The smallest absolute Gasteiger partial charge is 0.324 e. The normalized spacial score (nSPS) is 11.7. The van der Waals surface area contributed by atoms with Gasteiger partial charge in [0.25, 0.3) is 0 Å². The molecule has 0 spiro atoms. The van der Waals surface area contributed by atoms with E-state index in [1.165, 1.54) is 6.07 Å². The predicted octanol–water partition coefficient (Wildman–Crippen LogP) is 3.46. The number of carbonyl (C=O) groups excluding carboxylic acids is 1. The highest BCUT2D eigenvalue weighted by molar-refractivity contribution is 9.10. The molecule has 0 fully saturated rings. The summed E-state index contributed by atoms with van der Waals surface area (Å²) in [4.78, 5) is 14.7. The number of nitrogens with one attached hydrogen (secondary N) is 1. The minimum absolute atomic E-state index is 0.0404. The number of hydrogen-bond donors (Lipinski definition) is 1. The third kappa shape index (κ3) is 3.69. The van der Waals surface area contributed by atoms with Crippen LogP contribution in [0.1, 0.15) is 19.5 Å². The molecule has 0 radical (unpaired) electrons. The maximum Gasteiger partial charge on any atom is 0.433 e. The van der Waals surface area contributed by atoms with Gasteiger partial charge in [0.15, 0.2) is 0 Å². The highest BCUT2D eigenvalue weighted by Gasteiger charge is 2.32. The van der Waals surface area contributed by atoms with Crippen molar-refractivity contribution in [2.24, 2.45) is 5.92 Å². The van der Waals surface area contributed by atoms with Crippen LogP contribution in [-0.2, 0) is 11.0 Å². The zero-order valence-electron chi connectivity index (χ0n) is 9.10. The van der Waals surface area contributed by atoms with Crippen molar-refractivity contribution >= 4 is 27.5 Å². The summed E-state index contributed by atoms with van der Waals surface area (Å²) in [5.41, 5.74) is -0.788. The van der Waals surface area contributed by atoms with Crippen LogP contribution in [0.4, 0.5) is 18.9 Å². The molecule has 1 rings (SSSR count). The number of nitrogens with zero attached hydrogens (tertiary/aromatic N) is 1. The van der Waals surface area contributed by atoms with Crippen LogP contribution >= 0.6 is 15.9 Å². The molecule has 1 aromatic heterocycles. The number of hydrogen-bond acceptors (Lipinski definition) is 2. The Labute approximate surface area is 105 Å². The van der Waals surface area contributed by atoms with Gasteiger partial charge in [-0.2, -0.15) is 13.2 Å². The second-order valence-electron chi connectivity index (χ2n) is 3.68. The van der Waals surface area contributed by atoms with Crippen LogP contribution in [0.2, 0.25) is 0 Å². The maximum atomic E-state index is 12.3. The van der Waals surface area contributed by atoms with Crippen LogP contribution in [0.25, 0.3) is 0 Å². The average Bonchev–Trinajstić information content (AvgIpc) is 2.19. The fraction of sp³-hybridized carbons (Fsp3) is 0.400. The summed E-state index contributed by atoms with van der Waals surface area (Å²) in [5, 5.41) is 2.47. The van der Waals surface area contributed by atoms with Gasteiger partial charge >= 0.3 is 6.18 Å². The Balaban J connectivity index is 2.95. The second-order valence-corrected chi connectivity index (χ2v) is 4.43. The molecule has 0 aromatic carbocycles. The van der Waals surface area contributed by atoms with E-state index >= 15 is 0 Å². The van der Waals surface area contributed by atoms with Gasteiger partial charge in [-0.05, 0) is 28.1 Å². The summed E-state index contributed by atoms with van der Waals surface area (Å²) < 4.78 is 36.9. The SMILES string of the molecule is CC(C)C(=O)Nc1ccc(C(F)(F)F)nc1Br. The van der Waals surface area contributed by atoms with Crippen molar-refractivity contribution in [2.75, 3.05) is 5.32 Å². The van der Waals surface area contributed by atoms with Crippen molar-refractivity contribution < 1.29 is 18.0 Å². The second kappa shape index (κ2) is 5.03. The van der Waals surface area contributed by atoms with Crippen molar-refractivity contribution in [2.45, 2.75) is 20.0 Å². The minimum Gasteiger partial charge on any atom is -0.324 e. The summed E-state index contributed by atoms with van der Waals surface area (Å²) in [6.45, 7) is 3.36. The summed E-state index contributed by atoms with van der Waals surface area (Å²) >= 11 is 2.89. The first kappa shape index (κ1) is 14.0. The summed E-state index contributed by atoms with van der Waals surface area (Å²) in [6, 6.07) is 1.99. The van der Waals surface area contributed by atoms with Gasteiger partial charge < -0.3 is 5.32 Å². The molecule has 1 aromatic rings. The number of amides is 1. The number of aromatic nitrogens is 1. The molecule has 3 nitrogen and oxygen atoms in total. The molecule has 1 N–H and O–H groups in total. The predicted molar refractivity (Wildman–Crippen MR) is 60.4 cm³/mol. The molecular formula is C10H10BrF3N2O. The van der Waals surface area contributed by atoms with E-state index in [1.54, 1.807) is 13.8 Å². The first-order valence-electron chi connectivity index (χ1n) is 4.76. The molecular weight excluding hydrogens is 301 g/mol. The van der Waals surface area contributed by atoms with Gasteiger partial charge in [0.2, 0.25) is 5.91 Å². The number of anilines is 1. The molecule has 0 unspecified atom stereocenters. The fourth-order valence-electron chi connectivity index (χ4n) is 0.962. The Kier molecular flexibility index (Phi) is 4.13. The van der Waals surface area contributed by atoms with Crippen LogP contribution in [0.15, 0.2) is 16.7 Å². The van der Waals surface area contributed by atoms with Crippen molar-refractivity contribution in [3.05, 3.63) is 22.4 Å². The van der Waals surface area contributed by atoms with Crippen molar-refractivity contribution in [3.63, 3.8) is 0 Å². The molecule has 0 atom stereocenters. The lowest BCUT2D eigenvalue weighted by Gasteiger charge is -2.11. The Morgan fingerprint density at radius 3 is 2.41 bits per heavy atom. The molecule has 0 aliphatic heterocycles. The molecule has 0 aliphatic carbocycles. The summed E-state index contributed by atoms with van der Waals surface area (Å²) in [6.07, 6.45) is -4.50. The third-order valence-corrected chi connectivity index (χ3v) is 2.53. The molecule has 1 heterocycles. The van der Waals surface area contributed by atoms with Gasteiger partial charge in [0.05, 0.1) is 5.69 Å². The largest absolute Gasteiger partial charge is 0.433 e. The molecule has 0 aliphatic rings. The van der Waals surface area contributed by atoms with Crippen molar-refractivity contribution in [1.82, 2.24) is 4.98 Å². The van der Waals surface area contributed by atoms with Crippen molar-refractivity contribution in [3.8, 4) is 0 Å². The van der Waals surface area contributed by atoms with Crippen LogP contribution in [-0.4, -0.2) is 10.9 Å². The Morgan fingerprint density at radius 2 is 2.00 bits per heavy atom. The van der Waals surface area contributed by atoms with Gasteiger partial charge in [-0.25, -0.2) is 4.98 Å². The lowest BCUT2D eigenvalue weighted by Crippen LogP contribution is -2.18. The number of alkyl halides is 3. The van der Waals surface area contributed by atoms with Crippen LogP contribution < -0.4 is 5.32 Å². The average molecular weight is 311 g/mol. The maximum absolute atomic E-state index is 12.3. The van der Waals surface area contributed by atoms with E-state index in [0.717, 1.165) is 6.07 Å². The van der Waals surface area contributed by atoms with E-state index in [1.807, 2.05) is 0 Å². The lowest BCUT2D eigenvalue weighted by atomic mass is 10.2. The molecule has 0 bridgehead atoms. The Bertz CT molecular complexity index is 432. The van der Waals surface area contributed by atoms with Crippen LogP contribution in [0.3, 0.4) is 0 Å². The Hall–Kier alpha value is -1.11. The van der Waals surface area contributed by atoms with E-state index in [2.05, 4.69) is 26.2 Å². The van der Waals surface area contributed by atoms with Crippen LogP contribution in [0.5, 0.6) is 0 Å². The summed E-state index contributed by atoms with van der Waals surface area (Å²) in [5.74, 6) is -0.545. The lowest BCUT2D eigenvalue weighted by molar-refractivity contribution is -0.141. The molecule has 94 valence electrons. The van der Waals surface area contributed by atoms with Gasteiger partial charge in [0.1, 0.15) is 10.3 Å². The van der Waals surface area contributed by atoms with E-state index in [0.29, 0.717) is 0 Å². The number of pyridine rings is 1.